The molecule has 1 aliphatic carbocycles. The number of rotatable bonds is 5. The van der Waals surface area contributed by atoms with Crippen LogP contribution in [-0.4, -0.2) is 0 Å². The SMILES string of the molecule is CCCC1CCC(c2ccc(-c3ccc(CC)c(F)c3)cc2)CC1. The lowest BCUT2D eigenvalue weighted by Gasteiger charge is -2.28. The third-order valence-corrected chi connectivity index (χ3v) is 5.69. The number of hydrogen-bond acceptors (Lipinski definition) is 0. The van der Waals surface area contributed by atoms with Crippen LogP contribution in [0.15, 0.2) is 42.5 Å². The molecule has 2 aromatic rings. The van der Waals surface area contributed by atoms with E-state index in [0.29, 0.717) is 5.92 Å². The molecule has 0 N–H and O–H groups in total. The van der Waals surface area contributed by atoms with Gasteiger partial charge in [0.15, 0.2) is 0 Å². The Morgan fingerprint density at radius 2 is 1.54 bits per heavy atom. The van der Waals surface area contributed by atoms with Crippen molar-refractivity contribution in [2.24, 2.45) is 5.92 Å². The second-order valence-electron chi connectivity index (χ2n) is 7.29. The standard InChI is InChI=1S/C23H29F/c1-3-5-17-6-8-19(9-7-17)20-11-13-21(14-12-20)22-15-10-18(4-2)23(24)16-22/h10-17,19H,3-9H2,1-2H3. The fourth-order valence-electron chi connectivity index (χ4n) is 4.15. The van der Waals surface area contributed by atoms with Crippen LogP contribution in [0, 0.1) is 11.7 Å². The molecule has 24 heavy (non-hydrogen) atoms. The van der Waals surface area contributed by atoms with Crippen molar-refractivity contribution in [2.75, 3.05) is 0 Å². The first-order valence-electron chi connectivity index (χ1n) is 9.60. The molecule has 0 spiro atoms. The summed E-state index contributed by atoms with van der Waals surface area (Å²) in [5.74, 6) is 1.57. The normalized spacial score (nSPS) is 21.0. The van der Waals surface area contributed by atoms with Gasteiger partial charge in [0, 0.05) is 0 Å². The fourth-order valence-corrected chi connectivity index (χ4v) is 4.15. The van der Waals surface area contributed by atoms with Gasteiger partial charge in [-0.1, -0.05) is 63.1 Å². The summed E-state index contributed by atoms with van der Waals surface area (Å²) in [5.41, 5.74) is 4.33. The number of halogens is 1. The Morgan fingerprint density at radius 1 is 0.875 bits per heavy atom. The van der Waals surface area contributed by atoms with E-state index < -0.39 is 0 Å². The van der Waals surface area contributed by atoms with Crippen molar-refractivity contribution in [1.29, 1.82) is 0 Å². The Labute approximate surface area is 146 Å². The molecule has 1 heteroatoms. The van der Waals surface area contributed by atoms with Crippen LogP contribution < -0.4 is 0 Å². The van der Waals surface area contributed by atoms with Gasteiger partial charge in [0.25, 0.3) is 0 Å². The van der Waals surface area contributed by atoms with Crippen molar-refractivity contribution in [1.82, 2.24) is 0 Å². The van der Waals surface area contributed by atoms with Crippen LogP contribution >= 0.6 is 0 Å². The summed E-state index contributed by atoms with van der Waals surface area (Å²) in [4.78, 5) is 0. The van der Waals surface area contributed by atoms with Crippen LogP contribution in [0.25, 0.3) is 11.1 Å². The Kier molecular flexibility index (Phi) is 5.71. The molecule has 0 aromatic heterocycles. The maximum atomic E-state index is 14.0. The molecule has 1 saturated carbocycles. The minimum Gasteiger partial charge on any atom is -0.207 e. The molecule has 128 valence electrons. The van der Waals surface area contributed by atoms with Crippen molar-refractivity contribution < 1.29 is 4.39 Å². The van der Waals surface area contributed by atoms with Crippen molar-refractivity contribution in [3.05, 3.63) is 59.4 Å². The summed E-state index contributed by atoms with van der Waals surface area (Å²) in [5, 5.41) is 0. The van der Waals surface area contributed by atoms with E-state index in [9.17, 15) is 4.39 Å². The second-order valence-corrected chi connectivity index (χ2v) is 7.29. The minimum atomic E-state index is -0.0895. The van der Waals surface area contributed by atoms with Gasteiger partial charge in [0.1, 0.15) is 5.82 Å². The van der Waals surface area contributed by atoms with E-state index in [4.69, 9.17) is 0 Å². The van der Waals surface area contributed by atoms with Crippen LogP contribution in [0.4, 0.5) is 4.39 Å². The van der Waals surface area contributed by atoms with E-state index in [1.807, 2.05) is 19.1 Å². The molecule has 0 aliphatic heterocycles. The van der Waals surface area contributed by atoms with Gasteiger partial charge in [-0.25, -0.2) is 4.39 Å². The molecule has 0 saturated heterocycles. The quantitative estimate of drug-likeness (QED) is 0.549. The zero-order valence-electron chi connectivity index (χ0n) is 15.0. The molecule has 0 unspecified atom stereocenters. The smallest absolute Gasteiger partial charge is 0.127 e. The molecule has 0 radical (unpaired) electrons. The van der Waals surface area contributed by atoms with Gasteiger partial charge in [-0.3, -0.25) is 0 Å². The highest BCUT2D eigenvalue weighted by Gasteiger charge is 2.21. The van der Waals surface area contributed by atoms with Crippen molar-refractivity contribution in [2.45, 2.75) is 64.7 Å². The largest absolute Gasteiger partial charge is 0.207 e. The number of hydrogen-bond donors (Lipinski definition) is 0. The molecule has 0 heterocycles. The third-order valence-electron chi connectivity index (χ3n) is 5.69. The van der Waals surface area contributed by atoms with Crippen LogP contribution in [0.3, 0.4) is 0 Å². The Bertz CT molecular complexity index is 648. The van der Waals surface area contributed by atoms with Crippen molar-refractivity contribution in [3.8, 4) is 11.1 Å². The molecule has 0 amide bonds. The summed E-state index contributed by atoms with van der Waals surface area (Å²) >= 11 is 0. The third kappa shape index (κ3) is 3.88. The molecular weight excluding hydrogens is 295 g/mol. The highest BCUT2D eigenvalue weighted by molar-refractivity contribution is 5.64. The van der Waals surface area contributed by atoms with Gasteiger partial charge >= 0.3 is 0 Å². The topological polar surface area (TPSA) is 0 Å². The highest BCUT2D eigenvalue weighted by Crippen LogP contribution is 2.38. The molecule has 1 aliphatic rings. The average Bonchev–Trinajstić information content (AvgIpc) is 2.63. The van der Waals surface area contributed by atoms with Gasteiger partial charge in [-0.05, 0) is 72.3 Å². The van der Waals surface area contributed by atoms with E-state index in [1.165, 1.54) is 44.1 Å². The van der Waals surface area contributed by atoms with Crippen molar-refractivity contribution in [3.63, 3.8) is 0 Å². The summed E-state index contributed by atoms with van der Waals surface area (Å²) < 4.78 is 14.0. The van der Waals surface area contributed by atoms with Gasteiger partial charge < -0.3 is 0 Å². The van der Waals surface area contributed by atoms with Crippen LogP contribution in [0.5, 0.6) is 0 Å². The van der Waals surface area contributed by atoms with E-state index in [2.05, 4.69) is 31.2 Å². The van der Waals surface area contributed by atoms with Gasteiger partial charge in [-0.15, -0.1) is 0 Å². The summed E-state index contributed by atoms with van der Waals surface area (Å²) in [6, 6.07) is 14.4. The van der Waals surface area contributed by atoms with E-state index in [0.717, 1.165) is 29.0 Å². The van der Waals surface area contributed by atoms with Crippen LogP contribution in [0.2, 0.25) is 0 Å². The number of aryl methyl sites for hydroxylation is 1. The molecule has 0 atom stereocenters. The van der Waals surface area contributed by atoms with Crippen LogP contribution in [0.1, 0.15) is 69.4 Å². The predicted molar refractivity (Wildman–Crippen MR) is 101 cm³/mol. The molecule has 0 nitrogen and oxygen atoms in total. The lowest BCUT2D eigenvalue weighted by molar-refractivity contribution is 0.308. The van der Waals surface area contributed by atoms with Gasteiger partial charge in [0.05, 0.1) is 0 Å². The van der Waals surface area contributed by atoms with Gasteiger partial charge in [0.2, 0.25) is 0 Å². The molecule has 0 bridgehead atoms. The lowest BCUT2D eigenvalue weighted by Crippen LogP contribution is -2.13. The van der Waals surface area contributed by atoms with Crippen molar-refractivity contribution >= 4 is 0 Å². The predicted octanol–water partition coefficient (Wildman–Crippen LogP) is 7.13. The lowest BCUT2D eigenvalue weighted by atomic mass is 9.77. The maximum Gasteiger partial charge on any atom is 0.127 e. The average molecular weight is 324 g/mol. The first kappa shape index (κ1) is 17.2. The summed E-state index contributed by atoms with van der Waals surface area (Å²) in [6.45, 7) is 4.28. The molecule has 3 rings (SSSR count). The Morgan fingerprint density at radius 3 is 2.12 bits per heavy atom. The van der Waals surface area contributed by atoms with Crippen LogP contribution in [-0.2, 0) is 6.42 Å². The summed E-state index contributed by atoms with van der Waals surface area (Å²) in [6.07, 6.45) is 8.86. The Balaban J connectivity index is 1.69. The second kappa shape index (κ2) is 7.96. The fraction of sp³-hybridized carbons (Fsp3) is 0.478. The van der Waals surface area contributed by atoms with E-state index in [1.54, 1.807) is 6.07 Å². The maximum absolute atomic E-state index is 14.0. The van der Waals surface area contributed by atoms with E-state index in [-0.39, 0.29) is 5.82 Å². The minimum absolute atomic E-state index is 0.0895. The zero-order valence-corrected chi connectivity index (χ0v) is 15.0. The molecular formula is C23H29F. The van der Waals surface area contributed by atoms with E-state index >= 15 is 0 Å². The highest BCUT2D eigenvalue weighted by atomic mass is 19.1. The summed E-state index contributed by atoms with van der Waals surface area (Å²) in [7, 11) is 0. The number of benzene rings is 2. The Hall–Kier alpha value is -1.63. The monoisotopic (exact) mass is 324 g/mol. The first-order chi connectivity index (χ1) is 11.7. The molecule has 2 aromatic carbocycles. The van der Waals surface area contributed by atoms with Gasteiger partial charge in [-0.2, -0.15) is 0 Å². The zero-order chi connectivity index (χ0) is 16.9. The molecule has 1 fully saturated rings. The first-order valence-corrected chi connectivity index (χ1v) is 9.60.